The number of hydrogen-bond acceptors (Lipinski definition) is 8. The number of morpholine rings is 1. The molecule has 206 valence electrons. The van der Waals surface area contributed by atoms with Gasteiger partial charge in [0.05, 0.1) is 37.2 Å². The first-order valence-electron chi connectivity index (χ1n) is 13.8. The summed E-state index contributed by atoms with van der Waals surface area (Å²) in [4.78, 5) is 31.2. The van der Waals surface area contributed by atoms with Crippen molar-refractivity contribution in [2.24, 2.45) is 5.41 Å². The molecule has 11 nitrogen and oxygen atoms in total. The molecule has 1 aromatic heterocycles. The van der Waals surface area contributed by atoms with Gasteiger partial charge in [-0.3, -0.25) is 14.5 Å². The first kappa shape index (κ1) is 26.5. The quantitative estimate of drug-likeness (QED) is 0.474. The van der Waals surface area contributed by atoms with E-state index in [0.29, 0.717) is 19.1 Å². The number of hydrogen-bond donors (Lipinski definition) is 3. The van der Waals surface area contributed by atoms with Gasteiger partial charge in [0.2, 0.25) is 11.8 Å². The summed E-state index contributed by atoms with van der Waals surface area (Å²) in [5.41, 5.74) is -0.263. The molecule has 0 bridgehead atoms. The van der Waals surface area contributed by atoms with Crippen LogP contribution >= 0.6 is 0 Å². The van der Waals surface area contributed by atoms with Crippen LogP contribution in [0.1, 0.15) is 76.9 Å². The predicted octanol–water partition coefficient (Wildman–Crippen LogP) is 0.437. The summed E-state index contributed by atoms with van der Waals surface area (Å²) in [6.45, 7) is 7.96. The molecule has 37 heavy (non-hydrogen) atoms. The van der Waals surface area contributed by atoms with Crippen LogP contribution in [0.3, 0.4) is 0 Å². The molecule has 5 rings (SSSR count). The second-order valence-electron chi connectivity index (χ2n) is 12.5. The highest BCUT2D eigenvalue weighted by molar-refractivity contribution is 5.90. The van der Waals surface area contributed by atoms with Gasteiger partial charge in [0, 0.05) is 37.7 Å². The monoisotopic (exact) mass is 518 g/mol. The number of carbonyl (C=O) groups is 2. The summed E-state index contributed by atoms with van der Waals surface area (Å²) in [6, 6.07) is -1.21. The summed E-state index contributed by atoms with van der Waals surface area (Å²) < 4.78 is 7.48. The SMILES string of the molecule is CC(C)(C)[C@@H](C(=O)N1C[C@H](O)C[C@H]1C(=O)NCC1(CO)COCC2CCCCN21)n1cc(C2CC2)nn1. The minimum Gasteiger partial charge on any atom is -0.394 e. The minimum absolute atomic E-state index is 0.0934. The summed E-state index contributed by atoms with van der Waals surface area (Å²) in [5, 5.41) is 32.5. The van der Waals surface area contributed by atoms with Crippen molar-refractivity contribution < 1.29 is 24.5 Å². The van der Waals surface area contributed by atoms with Crippen LogP contribution in [0.2, 0.25) is 0 Å². The lowest BCUT2D eigenvalue weighted by atomic mass is 9.85. The Hall–Kier alpha value is -2.08. The Balaban J connectivity index is 1.31. The molecular weight excluding hydrogens is 476 g/mol. The number of likely N-dealkylation sites (tertiary alicyclic amines) is 1. The molecule has 2 unspecified atom stereocenters. The van der Waals surface area contributed by atoms with Crippen LogP contribution in [0.15, 0.2) is 6.20 Å². The van der Waals surface area contributed by atoms with Crippen molar-refractivity contribution in [1.82, 2.24) is 30.1 Å². The highest BCUT2D eigenvalue weighted by atomic mass is 16.5. The molecule has 4 fully saturated rings. The number of rotatable bonds is 7. The van der Waals surface area contributed by atoms with Crippen molar-refractivity contribution in [3.8, 4) is 0 Å². The minimum atomic E-state index is -0.795. The molecule has 0 radical (unpaired) electrons. The number of ether oxygens (including phenoxy) is 1. The molecule has 1 saturated carbocycles. The lowest BCUT2D eigenvalue weighted by Crippen LogP contribution is -2.69. The molecule has 4 heterocycles. The zero-order chi connectivity index (χ0) is 26.4. The topological polar surface area (TPSA) is 133 Å². The average Bonchev–Trinajstić information content (AvgIpc) is 3.48. The van der Waals surface area contributed by atoms with Crippen molar-refractivity contribution in [3.05, 3.63) is 11.9 Å². The molecule has 3 N–H and O–H groups in total. The van der Waals surface area contributed by atoms with Crippen LogP contribution in [0.4, 0.5) is 0 Å². The van der Waals surface area contributed by atoms with Gasteiger partial charge >= 0.3 is 0 Å². The summed E-state index contributed by atoms with van der Waals surface area (Å²) in [7, 11) is 0. The molecule has 2 amide bonds. The molecule has 5 atom stereocenters. The summed E-state index contributed by atoms with van der Waals surface area (Å²) >= 11 is 0. The first-order valence-corrected chi connectivity index (χ1v) is 13.8. The number of aliphatic hydroxyl groups excluding tert-OH is 2. The van der Waals surface area contributed by atoms with Gasteiger partial charge in [-0.05, 0) is 37.6 Å². The molecular formula is C26H42N6O5. The molecule has 3 saturated heterocycles. The zero-order valence-corrected chi connectivity index (χ0v) is 22.3. The Morgan fingerprint density at radius 1 is 1.27 bits per heavy atom. The van der Waals surface area contributed by atoms with Crippen molar-refractivity contribution >= 4 is 11.8 Å². The van der Waals surface area contributed by atoms with E-state index in [9.17, 15) is 19.8 Å². The van der Waals surface area contributed by atoms with Crippen molar-refractivity contribution in [2.45, 2.75) is 95.0 Å². The molecule has 11 heteroatoms. The van der Waals surface area contributed by atoms with Crippen LogP contribution in [0.5, 0.6) is 0 Å². The van der Waals surface area contributed by atoms with Gasteiger partial charge in [0.15, 0.2) is 0 Å². The van der Waals surface area contributed by atoms with Gasteiger partial charge in [0.1, 0.15) is 12.1 Å². The van der Waals surface area contributed by atoms with Gasteiger partial charge in [-0.1, -0.05) is 32.4 Å². The van der Waals surface area contributed by atoms with E-state index in [2.05, 4.69) is 20.5 Å². The van der Waals surface area contributed by atoms with Crippen molar-refractivity contribution in [3.63, 3.8) is 0 Å². The van der Waals surface area contributed by atoms with Gasteiger partial charge in [0.25, 0.3) is 0 Å². The highest BCUT2D eigenvalue weighted by Crippen LogP contribution is 2.40. The van der Waals surface area contributed by atoms with Crippen LogP contribution in [0, 0.1) is 5.41 Å². The number of amides is 2. The fraction of sp³-hybridized carbons (Fsp3) is 0.846. The Labute approximate surface area is 218 Å². The van der Waals surface area contributed by atoms with E-state index in [-0.39, 0.29) is 44.0 Å². The van der Waals surface area contributed by atoms with Gasteiger partial charge in [-0.2, -0.15) is 0 Å². The average molecular weight is 519 g/mol. The number of carbonyl (C=O) groups excluding carboxylic acids is 2. The number of β-amino-alcohol motifs (C(OH)–C–C–N with tert-alkyl or cyclic N) is 1. The molecule has 3 aliphatic heterocycles. The van der Waals surface area contributed by atoms with Crippen molar-refractivity contribution in [2.75, 3.05) is 39.5 Å². The smallest absolute Gasteiger partial charge is 0.248 e. The molecule has 0 aromatic carbocycles. The Morgan fingerprint density at radius 2 is 2.05 bits per heavy atom. The third-order valence-electron chi connectivity index (χ3n) is 8.51. The molecule has 0 spiro atoms. The maximum atomic E-state index is 13.9. The van der Waals surface area contributed by atoms with Crippen molar-refractivity contribution in [1.29, 1.82) is 0 Å². The Morgan fingerprint density at radius 3 is 2.76 bits per heavy atom. The third-order valence-corrected chi connectivity index (χ3v) is 8.51. The molecule has 1 aliphatic carbocycles. The highest BCUT2D eigenvalue weighted by Gasteiger charge is 2.48. The van der Waals surface area contributed by atoms with Gasteiger partial charge in [-0.25, -0.2) is 4.68 Å². The summed E-state index contributed by atoms with van der Waals surface area (Å²) in [5.74, 6) is -0.147. The van der Waals surface area contributed by atoms with Crippen LogP contribution in [0.25, 0.3) is 0 Å². The number of aromatic nitrogens is 3. The van der Waals surface area contributed by atoms with Crippen LogP contribution in [-0.2, 0) is 14.3 Å². The largest absolute Gasteiger partial charge is 0.394 e. The zero-order valence-electron chi connectivity index (χ0n) is 22.3. The molecule has 4 aliphatic rings. The van der Waals surface area contributed by atoms with E-state index in [1.54, 1.807) is 4.68 Å². The van der Waals surface area contributed by atoms with Crippen LogP contribution in [-0.4, -0.2) is 110 Å². The second kappa shape index (κ2) is 10.2. The number of piperidine rings is 1. The van der Waals surface area contributed by atoms with E-state index in [1.807, 2.05) is 27.0 Å². The predicted molar refractivity (Wildman–Crippen MR) is 135 cm³/mol. The third kappa shape index (κ3) is 5.28. The van der Waals surface area contributed by atoms with E-state index in [1.165, 1.54) is 4.90 Å². The fourth-order valence-electron chi connectivity index (χ4n) is 6.31. The normalized spacial score (nSPS) is 31.7. The van der Waals surface area contributed by atoms with E-state index >= 15 is 0 Å². The second-order valence-corrected chi connectivity index (χ2v) is 12.5. The Kier molecular flexibility index (Phi) is 7.34. The lowest BCUT2D eigenvalue weighted by molar-refractivity contribution is -0.147. The standard InChI is InChI=1S/C26H42N6O5/c1-25(2,3)22(32-12-20(28-29-32)17-7-8-17)24(36)30-11-19(34)10-21(30)23(35)27-14-26(15-33)16-37-13-18-6-4-5-9-31(18)26/h12,17-19,21-22,33-34H,4-11,13-16H2,1-3H3,(H,27,35)/t18?,19-,21+,22-,26?/m1/s1. The number of nitrogens with zero attached hydrogens (tertiary/aromatic N) is 5. The van der Waals surface area contributed by atoms with Crippen LogP contribution < -0.4 is 5.32 Å². The van der Waals surface area contributed by atoms with E-state index in [4.69, 9.17) is 4.74 Å². The lowest BCUT2D eigenvalue weighted by Gasteiger charge is -2.52. The Bertz CT molecular complexity index is 988. The number of fused-ring (bicyclic) bond motifs is 1. The van der Waals surface area contributed by atoms with E-state index < -0.39 is 29.1 Å². The maximum Gasteiger partial charge on any atom is 0.248 e. The maximum absolute atomic E-state index is 13.9. The van der Waals surface area contributed by atoms with Gasteiger partial charge < -0.3 is 25.2 Å². The first-order chi connectivity index (χ1) is 17.6. The van der Waals surface area contributed by atoms with Gasteiger partial charge in [-0.15, -0.1) is 5.10 Å². The number of nitrogens with one attached hydrogen (secondary N) is 1. The molecule has 1 aromatic rings. The number of aliphatic hydroxyl groups is 2. The fourth-order valence-corrected chi connectivity index (χ4v) is 6.31. The summed E-state index contributed by atoms with van der Waals surface area (Å²) in [6.07, 6.45) is 6.64. The van der Waals surface area contributed by atoms with E-state index in [0.717, 1.165) is 44.3 Å².